The molecule has 0 aliphatic carbocycles. The quantitative estimate of drug-likeness (QED) is 0.513. The molecule has 16 heavy (non-hydrogen) atoms. The van der Waals surface area contributed by atoms with Crippen LogP contribution in [-0.2, 0) is 6.54 Å². The third kappa shape index (κ3) is 5.71. The number of allylic oxidation sites excluding steroid dienone is 1. The van der Waals surface area contributed by atoms with E-state index in [0.717, 1.165) is 19.5 Å². The SMILES string of the molecule is C=CCCC(C)NCCCCn1ccnc1. The van der Waals surface area contributed by atoms with Crippen LogP contribution in [0, 0.1) is 0 Å². The van der Waals surface area contributed by atoms with Crippen molar-refractivity contribution in [1.29, 1.82) is 0 Å². The molecule has 90 valence electrons. The normalized spacial score (nSPS) is 12.6. The van der Waals surface area contributed by atoms with Crippen molar-refractivity contribution in [3.05, 3.63) is 31.4 Å². The highest BCUT2D eigenvalue weighted by molar-refractivity contribution is 4.74. The molecular weight excluding hydrogens is 198 g/mol. The van der Waals surface area contributed by atoms with Gasteiger partial charge in [0, 0.05) is 25.0 Å². The topological polar surface area (TPSA) is 29.9 Å². The second-order valence-corrected chi connectivity index (χ2v) is 4.23. The Morgan fingerprint density at radius 3 is 3.06 bits per heavy atom. The first kappa shape index (κ1) is 13.0. The minimum absolute atomic E-state index is 0.603. The summed E-state index contributed by atoms with van der Waals surface area (Å²) in [5.41, 5.74) is 0. The molecule has 0 spiro atoms. The highest BCUT2D eigenvalue weighted by atomic mass is 15.0. The second-order valence-electron chi connectivity index (χ2n) is 4.23. The Balaban J connectivity index is 1.93. The number of nitrogens with zero attached hydrogens (tertiary/aromatic N) is 2. The molecule has 0 aliphatic heterocycles. The largest absolute Gasteiger partial charge is 0.337 e. The van der Waals surface area contributed by atoms with Gasteiger partial charge in [0.05, 0.1) is 6.33 Å². The molecule has 1 atom stereocenters. The lowest BCUT2D eigenvalue weighted by Gasteiger charge is -2.12. The monoisotopic (exact) mass is 221 g/mol. The van der Waals surface area contributed by atoms with Gasteiger partial charge < -0.3 is 9.88 Å². The molecule has 0 aromatic carbocycles. The van der Waals surface area contributed by atoms with E-state index in [1.165, 1.54) is 19.3 Å². The Hall–Kier alpha value is -1.09. The van der Waals surface area contributed by atoms with E-state index in [9.17, 15) is 0 Å². The average Bonchev–Trinajstić information content (AvgIpc) is 2.79. The number of imidazole rings is 1. The third-order valence-electron chi connectivity index (χ3n) is 2.70. The first-order chi connectivity index (χ1) is 7.83. The summed E-state index contributed by atoms with van der Waals surface area (Å²) in [5.74, 6) is 0. The summed E-state index contributed by atoms with van der Waals surface area (Å²) >= 11 is 0. The van der Waals surface area contributed by atoms with Crippen LogP contribution in [0.4, 0.5) is 0 Å². The smallest absolute Gasteiger partial charge is 0.0945 e. The van der Waals surface area contributed by atoms with Crippen LogP contribution in [0.2, 0.25) is 0 Å². The zero-order chi connectivity index (χ0) is 11.6. The van der Waals surface area contributed by atoms with Gasteiger partial charge in [-0.1, -0.05) is 6.08 Å². The lowest BCUT2D eigenvalue weighted by atomic mass is 10.2. The summed E-state index contributed by atoms with van der Waals surface area (Å²) in [6, 6.07) is 0.603. The number of aromatic nitrogens is 2. The maximum absolute atomic E-state index is 4.02. The minimum Gasteiger partial charge on any atom is -0.337 e. The van der Waals surface area contributed by atoms with E-state index in [2.05, 4.69) is 28.4 Å². The van der Waals surface area contributed by atoms with E-state index in [0.29, 0.717) is 6.04 Å². The van der Waals surface area contributed by atoms with E-state index in [1.807, 2.05) is 24.8 Å². The highest BCUT2D eigenvalue weighted by Crippen LogP contribution is 1.98. The Morgan fingerprint density at radius 2 is 2.38 bits per heavy atom. The van der Waals surface area contributed by atoms with Gasteiger partial charge in [0.1, 0.15) is 0 Å². The van der Waals surface area contributed by atoms with Gasteiger partial charge in [-0.25, -0.2) is 4.98 Å². The van der Waals surface area contributed by atoms with E-state index >= 15 is 0 Å². The summed E-state index contributed by atoms with van der Waals surface area (Å²) in [5, 5.41) is 3.52. The molecule has 0 aliphatic rings. The fourth-order valence-electron chi connectivity index (χ4n) is 1.66. The van der Waals surface area contributed by atoms with Crippen molar-refractivity contribution in [2.24, 2.45) is 0 Å². The molecule has 1 N–H and O–H groups in total. The molecule has 0 radical (unpaired) electrons. The first-order valence-corrected chi connectivity index (χ1v) is 6.13. The number of aryl methyl sites for hydroxylation is 1. The zero-order valence-corrected chi connectivity index (χ0v) is 10.2. The van der Waals surface area contributed by atoms with Crippen LogP contribution in [0.3, 0.4) is 0 Å². The van der Waals surface area contributed by atoms with Gasteiger partial charge in [-0.05, 0) is 39.2 Å². The summed E-state index contributed by atoms with van der Waals surface area (Å²) in [4.78, 5) is 4.02. The van der Waals surface area contributed by atoms with Crippen LogP contribution >= 0.6 is 0 Å². The number of nitrogens with one attached hydrogen (secondary N) is 1. The maximum atomic E-state index is 4.02. The van der Waals surface area contributed by atoms with Gasteiger partial charge >= 0.3 is 0 Å². The van der Waals surface area contributed by atoms with Gasteiger partial charge in [0.15, 0.2) is 0 Å². The Labute approximate surface area is 98.6 Å². The van der Waals surface area contributed by atoms with Crippen molar-refractivity contribution in [2.75, 3.05) is 6.54 Å². The second kappa shape index (κ2) is 8.11. The number of unbranched alkanes of at least 4 members (excludes halogenated alkanes) is 1. The fraction of sp³-hybridized carbons (Fsp3) is 0.615. The Bertz CT molecular complexity index is 267. The zero-order valence-electron chi connectivity index (χ0n) is 10.2. The van der Waals surface area contributed by atoms with Gasteiger partial charge in [-0.3, -0.25) is 0 Å². The molecular formula is C13H23N3. The van der Waals surface area contributed by atoms with Crippen LogP contribution < -0.4 is 5.32 Å². The van der Waals surface area contributed by atoms with Crippen LogP contribution in [0.1, 0.15) is 32.6 Å². The van der Waals surface area contributed by atoms with Gasteiger partial charge in [0.25, 0.3) is 0 Å². The molecule has 0 bridgehead atoms. The average molecular weight is 221 g/mol. The minimum atomic E-state index is 0.603. The van der Waals surface area contributed by atoms with Gasteiger partial charge in [0.2, 0.25) is 0 Å². The standard InChI is InChI=1S/C13H23N3/c1-3-4-7-13(2)15-8-5-6-10-16-11-9-14-12-16/h3,9,11-13,15H,1,4-8,10H2,2H3. The fourth-order valence-corrected chi connectivity index (χ4v) is 1.66. The molecule has 1 rings (SSSR count). The van der Waals surface area contributed by atoms with Crippen molar-refractivity contribution in [3.8, 4) is 0 Å². The lowest BCUT2D eigenvalue weighted by Crippen LogP contribution is -2.26. The lowest BCUT2D eigenvalue weighted by molar-refractivity contribution is 0.491. The molecule has 0 fully saturated rings. The summed E-state index contributed by atoms with van der Waals surface area (Å²) in [6.45, 7) is 8.15. The summed E-state index contributed by atoms with van der Waals surface area (Å²) in [7, 11) is 0. The number of hydrogen-bond acceptors (Lipinski definition) is 2. The molecule has 3 heteroatoms. The molecule has 1 unspecified atom stereocenters. The highest BCUT2D eigenvalue weighted by Gasteiger charge is 1.98. The van der Waals surface area contributed by atoms with Crippen molar-refractivity contribution in [3.63, 3.8) is 0 Å². The van der Waals surface area contributed by atoms with E-state index in [4.69, 9.17) is 0 Å². The van der Waals surface area contributed by atoms with E-state index < -0.39 is 0 Å². The summed E-state index contributed by atoms with van der Waals surface area (Å²) < 4.78 is 2.13. The molecule has 1 aromatic rings. The first-order valence-electron chi connectivity index (χ1n) is 6.13. The van der Waals surface area contributed by atoms with Crippen molar-refractivity contribution in [1.82, 2.24) is 14.9 Å². The van der Waals surface area contributed by atoms with Crippen molar-refractivity contribution in [2.45, 2.75) is 45.2 Å². The van der Waals surface area contributed by atoms with Gasteiger partial charge in [-0.2, -0.15) is 0 Å². The summed E-state index contributed by atoms with van der Waals surface area (Å²) in [6.07, 6.45) is 12.4. The molecule has 3 nitrogen and oxygen atoms in total. The van der Waals surface area contributed by atoms with Crippen molar-refractivity contribution < 1.29 is 0 Å². The maximum Gasteiger partial charge on any atom is 0.0945 e. The van der Waals surface area contributed by atoms with Crippen LogP contribution in [0.15, 0.2) is 31.4 Å². The van der Waals surface area contributed by atoms with E-state index in [-0.39, 0.29) is 0 Å². The van der Waals surface area contributed by atoms with Crippen LogP contribution in [0.5, 0.6) is 0 Å². The van der Waals surface area contributed by atoms with Gasteiger partial charge in [-0.15, -0.1) is 6.58 Å². The van der Waals surface area contributed by atoms with Crippen molar-refractivity contribution >= 4 is 0 Å². The van der Waals surface area contributed by atoms with Crippen LogP contribution in [0.25, 0.3) is 0 Å². The number of hydrogen-bond donors (Lipinski definition) is 1. The predicted molar refractivity (Wildman–Crippen MR) is 68.4 cm³/mol. The van der Waals surface area contributed by atoms with Crippen LogP contribution in [-0.4, -0.2) is 22.1 Å². The molecule has 0 amide bonds. The number of rotatable bonds is 9. The molecule has 0 saturated carbocycles. The predicted octanol–water partition coefficient (Wildman–Crippen LogP) is 2.61. The molecule has 1 heterocycles. The third-order valence-corrected chi connectivity index (χ3v) is 2.70. The Kier molecular flexibility index (Phi) is 6.58. The van der Waals surface area contributed by atoms with E-state index in [1.54, 1.807) is 0 Å². The molecule has 1 aromatic heterocycles. The molecule has 0 saturated heterocycles. The Morgan fingerprint density at radius 1 is 1.50 bits per heavy atom.